The quantitative estimate of drug-likeness (QED) is 0.400. The van der Waals surface area contributed by atoms with Crippen molar-refractivity contribution in [3.8, 4) is 5.75 Å². The molecule has 2 aromatic rings. The molecule has 2 aromatic carbocycles. The Hall–Kier alpha value is -4.03. The van der Waals surface area contributed by atoms with Gasteiger partial charge in [-0.25, -0.2) is 9.59 Å². The molecule has 1 fully saturated rings. The summed E-state index contributed by atoms with van der Waals surface area (Å²) in [5.74, 6) is -1.77. The maximum absolute atomic E-state index is 11.9. The Kier molecular flexibility index (Phi) is 9.88. The second kappa shape index (κ2) is 12.6. The number of amides is 3. The number of nitrogens with zero attached hydrogens (tertiary/aromatic N) is 2. The highest BCUT2D eigenvalue weighted by Crippen LogP contribution is 2.33. The van der Waals surface area contributed by atoms with E-state index in [0.29, 0.717) is 35.0 Å². The highest BCUT2D eigenvalue weighted by Gasteiger charge is 2.35. The Labute approximate surface area is 213 Å². The maximum atomic E-state index is 11.9. The van der Waals surface area contributed by atoms with Crippen LogP contribution in [-0.4, -0.2) is 69.6 Å². The largest absolute Gasteiger partial charge is 0.495 e. The summed E-state index contributed by atoms with van der Waals surface area (Å²) in [6.45, 7) is 1.66. The zero-order valence-electron chi connectivity index (χ0n) is 19.8. The average Bonchev–Trinajstić information content (AvgIpc) is 3.23. The monoisotopic (exact) mass is 516 g/mol. The molecule has 0 aliphatic carbocycles. The number of carboxylic acids is 2. The Morgan fingerprint density at radius 3 is 2.22 bits per heavy atom. The number of thiocarbonyl (C=S) groups is 1. The number of likely N-dealkylation sites (tertiary alicyclic amines) is 1. The summed E-state index contributed by atoms with van der Waals surface area (Å²) in [6, 6.07) is 11.4. The van der Waals surface area contributed by atoms with Gasteiger partial charge in [-0.15, -0.1) is 0 Å². The summed E-state index contributed by atoms with van der Waals surface area (Å²) in [7, 11) is 1.51. The second-order valence-electron chi connectivity index (χ2n) is 7.90. The Bertz CT molecular complexity index is 1120. The molecule has 0 bridgehead atoms. The van der Waals surface area contributed by atoms with Crippen LogP contribution in [0.2, 0.25) is 0 Å². The third-order valence-corrected chi connectivity index (χ3v) is 5.64. The molecule has 0 aromatic heterocycles. The zero-order valence-corrected chi connectivity index (χ0v) is 20.6. The molecule has 3 rings (SSSR count). The number of carboxylic acid groups (broad SMARTS) is 2. The first-order valence-corrected chi connectivity index (χ1v) is 11.2. The SMILES string of the molecule is CC(=O)N1CC(=S)C[C@H]1C(=O)O.COc1ccccc1N(C(N)=O)c1ccc(C[C@H](N)C(=O)O)cc1. The minimum Gasteiger partial charge on any atom is -0.495 e. The number of carbonyl (C=O) groups is 4. The third-order valence-electron chi connectivity index (χ3n) is 5.35. The number of carbonyl (C=O) groups excluding carboxylic acids is 2. The molecule has 0 saturated carbocycles. The van der Waals surface area contributed by atoms with E-state index in [-0.39, 0.29) is 12.3 Å². The van der Waals surface area contributed by atoms with Crippen LogP contribution in [0, 0.1) is 0 Å². The lowest BCUT2D eigenvalue weighted by Gasteiger charge is -2.23. The number of nitrogens with two attached hydrogens (primary N) is 2. The number of para-hydroxylation sites is 2. The van der Waals surface area contributed by atoms with Crippen molar-refractivity contribution in [3.63, 3.8) is 0 Å². The summed E-state index contributed by atoms with van der Waals surface area (Å²) in [4.78, 5) is 47.5. The first kappa shape index (κ1) is 28.2. The van der Waals surface area contributed by atoms with Crippen molar-refractivity contribution in [1.29, 1.82) is 0 Å². The number of hydrogen-bond donors (Lipinski definition) is 4. The van der Waals surface area contributed by atoms with Gasteiger partial charge in [0.05, 0.1) is 25.0 Å². The number of ether oxygens (including phenoxy) is 1. The molecular weight excluding hydrogens is 488 g/mol. The van der Waals surface area contributed by atoms with Crippen molar-refractivity contribution in [3.05, 3.63) is 54.1 Å². The average molecular weight is 517 g/mol. The molecule has 192 valence electrons. The van der Waals surface area contributed by atoms with Crippen LogP contribution in [0.3, 0.4) is 0 Å². The molecule has 0 spiro atoms. The molecule has 0 unspecified atom stereocenters. The first-order valence-electron chi connectivity index (χ1n) is 10.8. The smallest absolute Gasteiger partial charge is 0.326 e. The molecule has 2 atom stereocenters. The first-order chi connectivity index (χ1) is 17.0. The van der Waals surface area contributed by atoms with Crippen LogP contribution in [0.5, 0.6) is 5.75 Å². The molecule has 1 heterocycles. The van der Waals surface area contributed by atoms with Gasteiger partial charge in [-0.2, -0.15) is 0 Å². The molecule has 12 heteroatoms. The van der Waals surface area contributed by atoms with E-state index in [0.717, 1.165) is 5.56 Å². The molecule has 1 aliphatic heterocycles. The number of aliphatic carboxylic acids is 2. The summed E-state index contributed by atoms with van der Waals surface area (Å²) in [5.41, 5.74) is 12.8. The Morgan fingerprint density at radius 1 is 1.14 bits per heavy atom. The number of urea groups is 1. The van der Waals surface area contributed by atoms with Gasteiger partial charge in [0.2, 0.25) is 5.91 Å². The fourth-order valence-electron chi connectivity index (χ4n) is 3.56. The number of methoxy groups -OCH3 is 1. The predicted molar refractivity (Wildman–Crippen MR) is 136 cm³/mol. The molecular formula is C24H28N4O7S. The predicted octanol–water partition coefficient (Wildman–Crippen LogP) is 1.93. The molecule has 36 heavy (non-hydrogen) atoms. The lowest BCUT2D eigenvalue weighted by Crippen LogP contribution is -2.39. The van der Waals surface area contributed by atoms with E-state index < -0.39 is 30.1 Å². The lowest BCUT2D eigenvalue weighted by atomic mass is 10.1. The van der Waals surface area contributed by atoms with Crippen LogP contribution in [0.4, 0.5) is 16.2 Å². The fraction of sp³-hybridized carbons (Fsp3) is 0.292. The highest BCUT2D eigenvalue weighted by atomic mass is 32.1. The van der Waals surface area contributed by atoms with E-state index in [1.807, 2.05) is 0 Å². The number of primary amides is 1. The molecule has 1 aliphatic rings. The van der Waals surface area contributed by atoms with E-state index in [9.17, 15) is 19.2 Å². The zero-order chi connectivity index (χ0) is 27.0. The van der Waals surface area contributed by atoms with Crippen LogP contribution in [-0.2, 0) is 20.8 Å². The van der Waals surface area contributed by atoms with E-state index in [1.165, 1.54) is 23.8 Å². The van der Waals surface area contributed by atoms with Gasteiger partial charge in [-0.05, 0) is 36.2 Å². The normalized spacial score (nSPS) is 15.4. The minimum absolute atomic E-state index is 0.195. The molecule has 1 saturated heterocycles. The fourth-order valence-corrected chi connectivity index (χ4v) is 3.86. The van der Waals surface area contributed by atoms with Gasteiger partial charge in [0, 0.05) is 18.2 Å². The van der Waals surface area contributed by atoms with Crippen molar-refractivity contribution >= 4 is 52.3 Å². The van der Waals surface area contributed by atoms with E-state index in [4.69, 9.17) is 38.6 Å². The molecule has 0 radical (unpaired) electrons. The molecule has 6 N–H and O–H groups in total. The summed E-state index contributed by atoms with van der Waals surface area (Å²) < 4.78 is 5.27. The van der Waals surface area contributed by atoms with Crippen molar-refractivity contribution in [2.75, 3.05) is 18.6 Å². The number of hydrogen-bond acceptors (Lipinski definition) is 7. The summed E-state index contributed by atoms with van der Waals surface area (Å²) >= 11 is 4.85. The van der Waals surface area contributed by atoms with Crippen LogP contribution < -0.4 is 21.1 Å². The van der Waals surface area contributed by atoms with E-state index in [1.54, 1.807) is 48.5 Å². The molecule has 3 amide bonds. The van der Waals surface area contributed by atoms with Crippen molar-refractivity contribution in [2.24, 2.45) is 11.5 Å². The van der Waals surface area contributed by atoms with Crippen LogP contribution in [0.25, 0.3) is 0 Å². The minimum atomic E-state index is -1.06. The Morgan fingerprint density at radius 2 is 1.75 bits per heavy atom. The second-order valence-corrected chi connectivity index (χ2v) is 8.48. The number of benzene rings is 2. The van der Waals surface area contributed by atoms with E-state index >= 15 is 0 Å². The van der Waals surface area contributed by atoms with Gasteiger partial charge in [0.1, 0.15) is 17.8 Å². The summed E-state index contributed by atoms with van der Waals surface area (Å²) in [5, 5.41) is 17.6. The van der Waals surface area contributed by atoms with Crippen LogP contribution in [0.15, 0.2) is 48.5 Å². The van der Waals surface area contributed by atoms with Gasteiger partial charge < -0.3 is 31.3 Å². The topological polar surface area (TPSA) is 176 Å². The lowest BCUT2D eigenvalue weighted by molar-refractivity contribution is -0.147. The van der Waals surface area contributed by atoms with Crippen molar-refractivity contribution in [1.82, 2.24) is 4.90 Å². The van der Waals surface area contributed by atoms with Crippen molar-refractivity contribution in [2.45, 2.75) is 31.8 Å². The van der Waals surface area contributed by atoms with Gasteiger partial charge in [0.15, 0.2) is 0 Å². The van der Waals surface area contributed by atoms with E-state index in [2.05, 4.69) is 0 Å². The van der Waals surface area contributed by atoms with Gasteiger partial charge >= 0.3 is 18.0 Å². The Balaban J connectivity index is 0.000000319. The van der Waals surface area contributed by atoms with Gasteiger partial charge in [-0.1, -0.05) is 36.5 Å². The highest BCUT2D eigenvalue weighted by molar-refractivity contribution is 7.80. The van der Waals surface area contributed by atoms with Crippen molar-refractivity contribution < 1.29 is 34.1 Å². The van der Waals surface area contributed by atoms with Crippen LogP contribution in [0.1, 0.15) is 18.9 Å². The summed E-state index contributed by atoms with van der Waals surface area (Å²) in [6.07, 6.45) is 0.505. The number of rotatable bonds is 7. The standard InChI is InChI=1S/C17H19N3O4.C7H9NO3S/c1-24-15-5-3-2-4-14(15)20(17(19)23)12-8-6-11(7-9-12)10-13(18)16(21)22;1-4(9)8-3-5(12)2-6(8)7(10)11/h2-9,13H,10,18H2,1H3,(H2,19,23)(H,21,22);6H,2-3H2,1H3,(H,10,11)/t13-;6-/m00/s1. The maximum Gasteiger partial charge on any atom is 0.326 e. The number of anilines is 2. The molecule has 11 nitrogen and oxygen atoms in total. The van der Waals surface area contributed by atoms with Crippen LogP contribution >= 0.6 is 12.2 Å². The third kappa shape index (κ3) is 7.23. The van der Waals surface area contributed by atoms with Gasteiger partial charge in [-0.3, -0.25) is 14.5 Å². The van der Waals surface area contributed by atoms with Gasteiger partial charge in [0.25, 0.3) is 0 Å².